The molecule has 29 heavy (non-hydrogen) atoms. The van der Waals surface area contributed by atoms with Gasteiger partial charge in [0.25, 0.3) is 0 Å². The summed E-state index contributed by atoms with van der Waals surface area (Å²) in [6, 6.07) is 13.4. The number of hydrogen-bond donors (Lipinski definition) is 0. The lowest BCUT2D eigenvalue weighted by molar-refractivity contribution is -0.132. The van der Waals surface area contributed by atoms with Gasteiger partial charge < -0.3 is 4.90 Å². The Morgan fingerprint density at radius 1 is 0.966 bits per heavy atom. The van der Waals surface area contributed by atoms with Crippen molar-refractivity contribution in [3.05, 3.63) is 64.7 Å². The second-order valence-electron chi connectivity index (χ2n) is 6.96. The van der Waals surface area contributed by atoms with Crippen LogP contribution in [0.3, 0.4) is 0 Å². The summed E-state index contributed by atoms with van der Waals surface area (Å²) >= 11 is 6.13. The molecule has 1 amide bonds. The fourth-order valence-electron chi connectivity index (χ4n) is 3.29. The van der Waals surface area contributed by atoms with Crippen LogP contribution in [0, 0.1) is 0 Å². The number of rotatable bonds is 6. The van der Waals surface area contributed by atoms with E-state index in [1.807, 2.05) is 18.2 Å². The van der Waals surface area contributed by atoms with Crippen molar-refractivity contribution in [3.8, 4) is 0 Å². The summed E-state index contributed by atoms with van der Waals surface area (Å²) in [6.07, 6.45) is 0.891. The lowest BCUT2D eigenvalue weighted by Crippen LogP contribution is -2.50. The summed E-state index contributed by atoms with van der Waals surface area (Å²) in [6.45, 7) is 2.63. The van der Waals surface area contributed by atoms with Crippen molar-refractivity contribution in [2.75, 3.05) is 26.2 Å². The summed E-state index contributed by atoms with van der Waals surface area (Å²) in [5.74, 6) is -0.120. The van der Waals surface area contributed by atoms with E-state index < -0.39 is 10.0 Å². The second-order valence-corrected chi connectivity index (χ2v) is 9.30. The SMILES string of the molecule is CC(=O)c1ccc(S(=O)(=O)N2CCN(C(=O)CCc3ccccc3Cl)CC2)cc1. The molecule has 3 rings (SSSR count). The van der Waals surface area contributed by atoms with Gasteiger partial charge in [-0.25, -0.2) is 8.42 Å². The molecule has 1 aliphatic heterocycles. The first-order valence-electron chi connectivity index (χ1n) is 9.41. The third-order valence-corrected chi connectivity index (χ3v) is 7.34. The molecule has 0 aliphatic carbocycles. The second kappa shape index (κ2) is 9.07. The molecule has 0 spiro atoms. The highest BCUT2D eigenvalue weighted by atomic mass is 35.5. The number of benzene rings is 2. The lowest BCUT2D eigenvalue weighted by atomic mass is 10.1. The molecule has 0 radical (unpaired) electrons. The van der Waals surface area contributed by atoms with E-state index in [0.29, 0.717) is 36.5 Å². The number of Topliss-reactive ketones (excluding diaryl/α,β-unsaturated/α-hetero) is 1. The Hall–Kier alpha value is -2.22. The van der Waals surface area contributed by atoms with Crippen LogP contribution >= 0.6 is 11.6 Å². The molecule has 0 unspecified atom stereocenters. The van der Waals surface area contributed by atoms with Gasteiger partial charge in [0.15, 0.2) is 5.78 Å². The van der Waals surface area contributed by atoms with Crippen LogP contribution in [0.2, 0.25) is 5.02 Å². The van der Waals surface area contributed by atoms with Gasteiger partial charge in [0, 0.05) is 43.2 Å². The molecule has 1 aliphatic rings. The van der Waals surface area contributed by atoms with Crippen molar-refractivity contribution in [1.29, 1.82) is 0 Å². The van der Waals surface area contributed by atoms with Crippen LogP contribution in [-0.4, -0.2) is 55.5 Å². The Balaban J connectivity index is 1.57. The zero-order valence-corrected chi connectivity index (χ0v) is 17.7. The van der Waals surface area contributed by atoms with Crippen molar-refractivity contribution in [2.45, 2.75) is 24.7 Å². The fourth-order valence-corrected chi connectivity index (χ4v) is 4.94. The number of amides is 1. The molecule has 2 aromatic carbocycles. The maximum absolute atomic E-state index is 12.8. The van der Waals surface area contributed by atoms with Crippen molar-refractivity contribution in [1.82, 2.24) is 9.21 Å². The van der Waals surface area contributed by atoms with E-state index in [0.717, 1.165) is 5.56 Å². The van der Waals surface area contributed by atoms with Gasteiger partial charge in [-0.15, -0.1) is 0 Å². The van der Waals surface area contributed by atoms with Crippen LogP contribution in [0.1, 0.15) is 29.3 Å². The Kier molecular flexibility index (Phi) is 6.72. The molecule has 0 aromatic heterocycles. The number of carbonyl (C=O) groups excluding carboxylic acids is 2. The van der Waals surface area contributed by atoms with Crippen LogP contribution in [0.25, 0.3) is 0 Å². The first-order valence-corrected chi connectivity index (χ1v) is 11.2. The lowest BCUT2D eigenvalue weighted by Gasteiger charge is -2.34. The Morgan fingerprint density at radius 2 is 1.59 bits per heavy atom. The van der Waals surface area contributed by atoms with Gasteiger partial charge in [-0.1, -0.05) is 41.9 Å². The van der Waals surface area contributed by atoms with Gasteiger partial charge in [0.1, 0.15) is 0 Å². The number of carbonyl (C=O) groups is 2. The molecule has 1 saturated heterocycles. The highest BCUT2D eigenvalue weighted by Crippen LogP contribution is 2.20. The molecule has 2 aromatic rings. The summed E-state index contributed by atoms with van der Waals surface area (Å²) in [5, 5.41) is 0.645. The van der Waals surface area contributed by atoms with Crippen molar-refractivity contribution < 1.29 is 18.0 Å². The number of halogens is 1. The minimum absolute atomic E-state index is 0.00669. The topological polar surface area (TPSA) is 74.8 Å². The predicted octanol–water partition coefficient (Wildman–Crippen LogP) is 3.01. The Labute approximate surface area is 176 Å². The quantitative estimate of drug-likeness (QED) is 0.655. The average molecular weight is 435 g/mol. The first-order chi connectivity index (χ1) is 13.8. The largest absolute Gasteiger partial charge is 0.340 e. The molecule has 6 nitrogen and oxygen atoms in total. The van der Waals surface area contributed by atoms with Crippen LogP contribution in [0.4, 0.5) is 0 Å². The zero-order chi connectivity index (χ0) is 21.0. The third-order valence-electron chi connectivity index (χ3n) is 5.06. The van der Waals surface area contributed by atoms with Crippen molar-refractivity contribution >= 4 is 33.3 Å². The minimum atomic E-state index is -3.65. The zero-order valence-electron chi connectivity index (χ0n) is 16.2. The molecule has 0 atom stereocenters. The van der Waals surface area contributed by atoms with E-state index in [1.165, 1.54) is 35.5 Å². The summed E-state index contributed by atoms with van der Waals surface area (Å²) in [5.41, 5.74) is 1.40. The molecule has 1 fully saturated rings. The number of sulfonamides is 1. The van der Waals surface area contributed by atoms with Crippen LogP contribution < -0.4 is 0 Å². The maximum atomic E-state index is 12.8. The van der Waals surface area contributed by atoms with Gasteiger partial charge in [0.2, 0.25) is 15.9 Å². The summed E-state index contributed by atoms with van der Waals surface area (Å²) in [4.78, 5) is 25.7. The Morgan fingerprint density at radius 3 is 2.17 bits per heavy atom. The van der Waals surface area contributed by atoms with E-state index in [1.54, 1.807) is 11.0 Å². The molecule has 154 valence electrons. The van der Waals surface area contributed by atoms with Gasteiger partial charge in [0.05, 0.1) is 4.90 Å². The highest BCUT2D eigenvalue weighted by Gasteiger charge is 2.30. The van der Waals surface area contributed by atoms with Gasteiger partial charge in [-0.2, -0.15) is 4.31 Å². The molecule has 0 saturated carbocycles. The normalized spacial score (nSPS) is 15.3. The molecule has 0 N–H and O–H groups in total. The average Bonchev–Trinajstić information content (AvgIpc) is 2.73. The number of hydrogen-bond acceptors (Lipinski definition) is 4. The molecule has 8 heteroatoms. The summed E-state index contributed by atoms with van der Waals surface area (Å²) in [7, 11) is -3.65. The molecular formula is C21H23ClN2O4S. The smallest absolute Gasteiger partial charge is 0.243 e. The highest BCUT2D eigenvalue weighted by molar-refractivity contribution is 7.89. The van der Waals surface area contributed by atoms with Crippen LogP contribution in [0.5, 0.6) is 0 Å². The van der Waals surface area contributed by atoms with E-state index in [9.17, 15) is 18.0 Å². The third kappa shape index (κ3) is 5.04. The number of ketones is 1. The van der Waals surface area contributed by atoms with Crippen LogP contribution in [0.15, 0.2) is 53.4 Å². The van der Waals surface area contributed by atoms with E-state index >= 15 is 0 Å². The predicted molar refractivity (Wildman–Crippen MR) is 112 cm³/mol. The maximum Gasteiger partial charge on any atom is 0.243 e. The molecule has 0 bridgehead atoms. The van der Waals surface area contributed by atoms with Crippen LogP contribution in [-0.2, 0) is 21.2 Å². The summed E-state index contributed by atoms with van der Waals surface area (Å²) < 4.78 is 27.0. The minimum Gasteiger partial charge on any atom is -0.340 e. The van der Waals surface area contributed by atoms with E-state index in [-0.39, 0.29) is 29.7 Å². The van der Waals surface area contributed by atoms with E-state index in [2.05, 4.69) is 0 Å². The van der Waals surface area contributed by atoms with Gasteiger partial charge >= 0.3 is 0 Å². The monoisotopic (exact) mass is 434 g/mol. The first kappa shape index (κ1) is 21.5. The Bertz CT molecular complexity index is 998. The number of piperazine rings is 1. The van der Waals surface area contributed by atoms with Crippen molar-refractivity contribution in [2.24, 2.45) is 0 Å². The molecule has 1 heterocycles. The fraction of sp³-hybridized carbons (Fsp3) is 0.333. The number of aryl methyl sites for hydroxylation is 1. The molecular weight excluding hydrogens is 412 g/mol. The van der Waals surface area contributed by atoms with Crippen molar-refractivity contribution in [3.63, 3.8) is 0 Å². The number of nitrogens with zero attached hydrogens (tertiary/aromatic N) is 2. The van der Waals surface area contributed by atoms with E-state index in [4.69, 9.17) is 11.6 Å². The standard InChI is InChI=1S/C21H23ClN2O4S/c1-16(25)17-6-9-19(10-7-17)29(27,28)24-14-12-23(13-15-24)21(26)11-8-18-4-2-3-5-20(18)22/h2-7,9-10H,8,11-15H2,1H3. The van der Waals surface area contributed by atoms with Gasteiger partial charge in [-0.05, 0) is 37.1 Å². The van der Waals surface area contributed by atoms with Gasteiger partial charge in [-0.3, -0.25) is 9.59 Å².